The number of nitrogens with zero attached hydrogens (tertiary/aromatic N) is 1. The van der Waals surface area contributed by atoms with Crippen LogP contribution < -0.4 is 0 Å². The van der Waals surface area contributed by atoms with Crippen molar-refractivity contribution < 1.29 is 14.6 Å². The lowest BCUT2D eigenvalue weighted by Gasteiger charge is -2.36. The van der Waals surface area contributed by atoms with Gasteiger partial charge in [-0.15, -0.1) is 0 Å². The van der Waals surface area contributed by atoms with Crippen LogP contribution in [0.3, 0.4) is 0 Å². The Morgan fingerprint density at radius 2 is 2.18 bits per heavy atom. The number of hydrogen-bond acceptors (Lipinski definition) is 3. The standard InChI is InChI=1S/C13H23NO3/c1-2-3-6-14-9-11(12(15)16)13(10-14)4-7-17-8-5-13/h11H,2-10H2,1H3,(H,15,16)/t11-/m1/s1. The van der Waals surface area contributed by atoms with Crippen LogP contribution in [-0.4, -0.2) is 48.8 Å². The molecule has 2 saturated heterocycles. The molecule has 0 bridgehead atoms. The minimum atomic E-state index is -0.620. The number of carboxylic acid groups (broad SMARTS) is 1. The van der Waals surface area contributed by atoms with Crippen LogP contribution >= 0.6 is 0 Å². The molecule has 1 N–H and O–H groups in total. The molecule has 17 heavy (non-hydrogen) atoms. The van der Waals surface area contributed by atoms with Crippen molar-refractivity contribution in [1.82, 2.24) is 4.90 Å². The SMILES string of the molecule is CCCCN1C[C@H](C(=O)O)C2(CCOCC2)C1. The van der Waals surface area contributed by atoms with Crippen molar-refractivity contribution in [1.29, 1.82) is 0 Å². The highest BCUT2D eigenvalue weighted by molar-refractivity contribution is 5.72. The number of unbranched alkanes of at least 4 members (excludes halogenated alkanes) is 1. The van der Waals surface area contributed by atoms with E-state index in [9.17, 15) is 9.90 Å². The molecular formula is C13H23NO3. The van der Waals surface area contributed by atoms with Gasteiger partial charge in [-0.2, -0.15) is 0 Å². The van der Waals surface area contributed by atoms with E-state index in [-0.39, 0.29) is 11.3 Å². The van der Waals surface area contributed by atoms with E-state index >= 15 is 0 Å². The van der Waals surface area contributed by atoms with E-state index < -0.39 is 5.97 Å². The highest BCUT2D eigenvalue weighted by Gasteiger charge is 2.50. The Hall–Kier alpha value is -0.610. The topological polar surface area (TPSA) is 49.8 Å². The van der Waals surface area contributed by atoms with E-state index in [2.05, 4.69) is 11.8 Å². The first-order valence-electron chi connectivity index (χ1n) is 6.71. The highest BCUT2D eigenvalue weighted by atomic mass is 16.5. The predicted molar refractivity (Wildman–Crippen MR) is 65.0 cm³/mol. The smallest absolute Gasteiger partial charge is 0.308 e. The Kier molecular flexibility index (Phi) is 4.05. The third-order valence-electron chi connectivity index (χ3n) is 4.33. The molecule has 0 aromatic rings. The molecule has 4 nitrogen and oxygen atoms in total. The van der Waals surface area contributed by atoms with Gasteiger partial charge in [0.2, 0.25) is 0 Å². The van der Waals surface area contributed by atoms with Crippen LogP contribution in [0.1, 0.15) is 32.6 Å². The van der Waals surface area contributed by atoms with Crippen molar-refractivity contribution >= 4 is 5.97 Å². The second kappa shape index (κ2) is 5.36. The molecule has 0 aromatic carbocycles. The average Bonchev–Trinajstić information content (AvgIpc) is 2.66. The molecule has 2 fully saturated rings. The van der Waals surface area contributed by atoms with Gasteiger partial charge in [0.25, 0.3) is 0 Å². The molecule has 0 amide bonds. The summed E-state index contributed by atoms with van der Waals surface area (Å²) in [4.78, 5) is 13.8. The van der Waals surface area contributed by atoms with E-state index in [0.29, 0.717) is 0 Å². The molecule has 2 aliphatic rings. The summed E-state index contributed by atoms with van der Waals surface area (Å²) in [5, 5.41) is 9.41. The first kappa shape index (κ1) is 12.8. The summed E-state index contributed by atoms with van der Waals surface area (Å²) in [5.74, 6) is -0.811. The van der Waals surface area contributed by atoms with Gasteiger partial charge in [-0.05, 0) is 25.8 Å². The number of carboxylic acids is 1. The molecule has 2 aliphatic heterocycles. The minimum Gasteiger partial charge on any atom is -0.481 e. The summed E-state index contributed by atoms with van der Waals surface area (Å²) in [6.07, 6.45) is 4.16. The Balaban J connectivity index is 2.04. The molecule has 0 unspecified atom stereocenters. The number of ether oxygens (including phenoxy) is 1. The molecule has 0 aromatic heterocycles. The van der Waals surface area contributed by atoms with Crippen LogP contribution in [0.25, 0.3) is 0 Å². The maximum atomic E-state index is 11.4. The van der Waals surface area contributed by atoms with Crippen LogP contribution in [0.5, 0.6) is 0 Å². The normalized spacial score (nSPS) is 28.6. The molecule has 1 spiro atoms. The van der Waals surface area contributed by atoms with Gasteiger partial charge >= 0.3 is 5.97 Å². The van der Waals surface area contributed by atoms with Crippen LogP contribution in [-0.2, 0) is 9.53 Å². The fraction of sp³-hybridized carbons (Fsp3) is 0.923. The van der Waals surface area contributed by atoms with Crippen LogP contribution in [0.2, 0.25) is 0 Å². The lowest BCUT2D eigenvalue weighted by Crippen LogP contribution is -2.40. The zero-order chi connectivity index (χ0) is 12.3. The number of likely N-dealkylation sites (tertiary alicyclic amines) is 1. The van der Waals surface area contributed by atoms with Crippen LogP contribution in [0.15, 0.2) is 0 Å². The minimum absolute atomic E-state index is 0.0160. The summed E-state index contributed by atoms with van der Waals surface area (Å²) in [5.41, 5.74) is -0.0160. The van der Waals surface area contributed by atoms with Gasteiger partial charge in [0.1, 0.15) is 0 Å². The van der Waals surface area contributed by atoms with E-state index in [1.54, 1.807) is 0 Å². The number of aliphatic carboxylic acids is 1. The molecule has 0 aliphatic carbocycles. The molecule has 0 radical (unpaired) electrons. The number of rotatable bonds is 4. The monoisotopic (exact) mass is 241 g/mol. The van der Waals surface area contributed by atoms with Gasteiger partial charge in [-0.1, -0.05) is 13.3 Å². The summed E-state index contributed by atoms with van der Waals surface area (Å²) >= 11 is 0. The van der Waals surface area contributed by atoms with Gasteiger partial charge in [0.05, 0.1) is 5.92 Å². The van der Waals surface area contributed by atoms with Crippen molar-refractivity contribution in [3.8, 4) is 0 Å². The molecule has 1 atom stereocenters. The average molecular weight is 241 g/mol. The zero-order valence-electron chi connectivity index (χ0n) is 10.7. The Morgan fingerprint density at radius 3 is 2.76 bits per heavy atom. The van der Waals surface area contributed by atoms with E-state index in [0.717, 1.165) is 45.7 Å². The summed E-state index contributed by atoms with van der Waals surface area (Å²) in [7, 11) is 0. The fourth-order valence-corrected chi connectivity index (χ4v) is 3.25. The summed E-state index contributed by atoms with van der Waals surface area (Å²) < 4.78 is 5.39. The van der Waals surface area contributed by atoms with Crippen molar-refractivity contribution in [3.05, 3.63) is 0 Å². The van der Waals surface area contributed by atoms with E-state index in [4.69, 9.17) is 4.74 Å². The number of hydrogen-bond donors (Lipinski definition) is 1. The van der Waals surface area contributed by atoms with Crippen LogP contribution in [0, 0.1) is 11.3 Å². The van der Waals surface area contributed by atoms with Gasteiger partial charge in [0.15, 0.2) is 0 Å². The molecular weight excluding hydrogens is 218 g/mol. The zero-order valence-corrected chi connectivity index (χ0v) is 10.7. The fourth-order valence-electron chi connectivity index (χ4n) is 3.25. The Labute approximate surface area is 103 Å². The summed E-state index contributed by atoms with van der Waals surface area (Å²) in [6.45, 7) is 6.36. The lowest BCUT2D eigenvalue weighted by molar-refractivity contribution is -0.146. The predicted octanol–water partition coefficient (Wildman–Crippen LogP) is 1.60. The first-order valence-corrected chi connectivity index (χ1v) is 6.71. The second-order valence-electron chi connectivity index (χ2n) is 5.45. The maximum Gasteiger partial charge on any atom is 0.308 e. The molecule has 0 saturated carbocycles. The van der Waals surface area contributed by atoms with Crippen molar-refractivity contribution in [2.24, 2.45) is 11.3 Å². The molecule has 2 heterocycles. The molecule has 4 heteroatoms. The van der Waals surface area contributed by atoms with Gasteiger partial charge in [-0.3, -0.25) is 4.79 Å². The van der Waals surface area contributed by atoms with E-state index in [1.807, 2.05) is 0 Å². The first-order chi connectivity index (χ1) is 8.18. The van der Waals surface area contributed by atoms with Crippen molar-refractivity contribution in [3.63, 3.8) is 0 Å². The number of carbonyl (C=O) groups is 1. The lowest BCUT2D eigenvalue weighted by atomic mass is 9.72. The van der Waals surface area contributed by atoms with Crippen molar-refractivity contribution in [2.45, 2.75) is 32.6 Å². The second-order valence-corrected chi connectivity index (χ2v) is 5.45. The van der Waals surface area contributed by atoms with Crippen LogP contribution in [0.4, 0.5) is 0 Å². The van der Waals surface area contributed by atoms with Gasteiger partial charge in [0, 0.05) is 31.7 Å². The van der Waals surface area contributed by atoms with E-state index in [1.165, 1.54) is 12.8 Å². The van der Waals surface area contributed by atoms with Crippen molar-refractivity contribution in [2.75, 3.05) is 32.8 Å². The summed E-state index contributed by atoms with van der Waals surface area (Å²) in [6, 6.07) is 0. The third kappa shape index (κ3) is 2.63. The maximum absolute atomic E-state index is 11.4. The quantitative estimate of drug-likeness (QED) is 0.812. The Morgan fingerprint density at radius 1 is 1.47 bits per heavy atom. The highest BCUT2D eigenvalue weighted by Crippen LogP contribution is 2.44. The van der Waals surface area contributed by atoms with Gasteiger partial charge in [-0.25, -0.2) is 0 Å². The van der Waals surface area contributed by atoms with Gasteiger partial charge < -0.3 is 14.7 Å². The Bertz CT molecular complexity index is 274. The third-order valence-corrected chi connectivity index (χ3v) is 4.33. The molecule has 98 valence electrons. The largest absolute Gasteiger partial charge is 0.481 e. The molecule has 2 rings (SSSR count).